The van der Waals surface area contributed by atoms with Gasteiger partial charge < -0.3 is 30.5 Å². The summed E-state index contributed by atoms with van der Waals surface area (Å²) in [6.45, 7) is 0.246. The van der Waals surface area contributed by atoms with Gasteiger partial charge in [-0.3, -0.25) is 4.79 Å². The van der Waals surface area contributed by atoms with Gasteiger partial charge in [0.25, 0.3) is 0 Å². The van der Waals surface area contributed by atoms with Crippen LogP contribution in [0.1, 0.15) is 29.9 Å². The van der Waals surface area contributed by atoms with Crippen molar-refractivity contribution in [2.45, 2.75) is 43.6 Å². The number of para-hydroxylation sites is 1. The zero-order chi connectivity index (χ0) is 24.9. The van der Waals surface area contributed by atoms with E-state index in [-0.39, 0.29) is 43.1 Å². The van der Waals surface area contributed by atoms with Crippen molar-refractivity contribution < 1.29 is 24.2 Å². The third kappa shape index (κ3) is 5.50. The van der Waals surface area contributed by atoms with Gasteiger partial charge in [-0.15, -0.1) is 0 Å². The Bertz CT molecular complexity index is 1200. The lowest BCUT2D eigenvalue weighted by Crippen LogP contribution is -2.47. The van der Waals surface area contributed by atoms with Crippen LogP contribution in [0.5, 0.6) is 5.75 Å². The van der Waals surface area contributed by atoms with Crippen molar-refractivity contribution in [1.82, 2.24) is 5.32 Å². The standard InChI is InChI=1S/C28H29N3O5/c32-17-25-27-23(14-21(35-25)15-26(33)29-16-18-7-3-1-4-8-18)22-13-20(11-12-24(22)36-27)31-28(34)30-19-9-5-2-6-10-19/h1-13,21,23,25,27,32H,14-17H2,(H,29,33)(H2,30,31,34)/t21-,23+,25+,27-/m1/s1. The summed E-state index contributed by atoms with van der Waals surface area (Å²) >= 11 is 0. The molecule has 2 aliphatic rings. The molecule has 4 atom stereocenters. The molecule has 2 aliphatic heterocycles. The summed E-state index contributed by atoms with van der Waals surface area (Å²) in [7, 11) is 0. The van der Waals surface area contributed by atoms with Crippen molar-refractivity contribution >= 4 is 23.3 Å². The molecule has 36 heavy (non-hydrogen) atoms. The molecule has 1 saturated heterocycles. The molecule has 0 unspecified atom stereocenters. The first-order valence-corrected chi connectivity index (χ1v) is 12.1. The number of rotatable bonds is 7. The van der Waals surface area contributed by atoms with Crippen LogP contribution in [-0.4, -0.2) is 42.0 Å². The highest BCUT2D eigenvalue weighted by Gasteiger charge is 2.46. The number of hydrogen-bond acceptors (Lipinski definition) is 5. The fourth-order valence-electron chi connectivity index (χ4n) is 4.86. The Labute approximate surface area is 209 Å². The van der Waals surface area contributed by atoms with Gasteiger partial charge in [-0.2, -0.15) is 0 Å². The molecule has 5 rings (SSSR count). The number of fused-ring (bicyclic) bond motifs is 3. The predicted octanol–water partition coefficient (Wildman–Crippen LogP) is 4.03. The second-order valence-corrected chi connectivity index (χ2v) is 9.07. The predicted molar refractivity (Wildman–Crippen MR) is 136 cm³/mol. The molecule has 4 N–H and O–H groups in total. The second kappa shape index (κ2) is 10.8. The Balaban J connectivity index is 1.24. The summed E-state index contributed by atoms with van der Waals surface area (Å²) < 4.78 is 12.2. The molecule has 0 aromatic heterocycles. The Morgan fingerprint density at radius 3 is 2.39 bits per heavy atom. The Morgan fingerprint density at radius 1 is 0.917 bits per heavy atom. The monoisotopic (exact) mass is 487 g/mol. The van der Waals surface area contributed by atoms with E-state index in [1.54, 1.807) is 6.07 Å². The van der Waals surface area contributed by atoms with Crippen molar-refractivity contribution in [1.29, 1.82) is 0 Å². The number of anilines is 2. The molecule has 3 amide bonds. The molecule has 0 bridgehead atoms. The van der Waals surface area contributed by atoms with Gasteiger partial charge in [0.15, 0.2) is 0 Å². The minimum Gasteiger partial charge on any atom is -0.487 e. The maximum atomic E-state index is 12.6. The largest absolute Gasteiger partial charge is 0.487 e. The van der Waals surface area contributed by atoms with Crippen molar-refractivity contribution in [3.8, 4) is 5.75 Å². The molecule has 8 heteroatoms. The van der Waals surface area contributed by atoms with E-state index in [9.17, 15) is 14.7 Å². The van der Waals surface area contributed by atoms with Crippen molar-refractivity contribution in [3.05, 3.63) is 90.0 Å². The average molecular weight is 488 g/mol. The van der Waals surface area contributed by atoms with Gasteiger partial charge in [0.1, 0.15) is 18.0 Å². The molecule has 1 fully saturated rings. The first kappa shape index (κ1) is 23.8. The average Bonchev–Trinajstić information content (AvgIpc) is 3.26. The Kier molecular flexibility index (Phi) is 7.16. The summed E-state index contributed by atoms with van der Waals surface area (Å²) in [5, 5.41) is 18.6. The molecule has 2 heterocycles. The SMILES string of the molecule is O=C(C[C@H]1C[C@H]2c3cc(NC(=O)Nc4ccccc4)ccc3O[C@H]2[C@H](CO)O1)NCc1ccccc1. The fourth-order valence-corrected chi connectivity index (χ4v) is 4.86. The van der Waals surface area contributed by atoms with Crippen LogP contribution in [0.15, 0.2) is 78.9 Å². The first-order chi connectivity index (χ1) is 17.6. The van der Waals surface area contributed by atoms with Gasteiger partial charge in [-0.25, -0.2) is 4.79 Å². The summed E-state index contributed by atoms with van der Waals surface area (Å²) in [6.07, 6.45) is -0.471. The molecule has 186 valence electrons. The van der Waals surface area contributed by atoms with E-state index in [1.165, 1.54) is 0 Å². The van der Waals surface area contributed by atoms with E-state index in [2.05, 4.69) is 16.0 Å². The minimum atomic E-state index is -0.541. The van der Waals surface area contributed by atoms with Crippen LogP contribution in [0, 0.1) is 0 Å². The lowest BCUT2D eigenvalue weighted by Gasteiger charge is -2.37. The van der Waals surface area contributed by atoms with Gasteiger partial charge in [0, 0.05) is 29.4 Å². The molecule has 8 nitrogen and oxygen atoms in total. The number of benzene rings is 3. The number of nitrogens with one attached hydrogen (secondary N) is 3. The van der Waals surface area contributed by atoms with Crippen LogP contribution in [0.25, 0.3) is 0 Å². The molecule has 3 aromatic carbocycles. The zero-order valence-electron chi connectivity index (χ0n) is 19.7. The molecular formula is C28H29N3O5. The fraction of sp³-hybridized carbons (Fsp3) is 0.286. The Hall–Kier alpha value is -3.88. The number of carbonyl (C=O) groups is 2. The highest BCUT2D eigenvalue weighted by atomic mass is 16.6. The van der Waals surface area contributed by atoms with Crippen LogP contribution >= 0.6 is 0 Å². The normalized spacial score (nSPS) is 22.0. The van der Waals surface area contributed by atoms with Gasteiger partial charge in [-0.05, 0) is 42.3 Å². The van der Waals surface area contributed by atoms with Crippen molar-refractivity contribution in [2.75, 3.05) is 17.2 Å². The smallest absolute Gasteiger partial charge is 0.323 e. The van der Waals surface area contributed by atoms with E-state index in [4.69, 9.17) is 9.47 Å². The van der Waals surface area contributed by atoms with E-state index in [1.807, 2.05) is 72.8 Å². The van der Waals surface area contributed by atoms with Crippen LogP contribution in [0.2, 0.25) is 0 Å². The van der Waals surface area contributed by atoms with Gasteiger partial charge in [0.2, 0.25) is 5.91 Å². The van der Waals surface area contributed by atoms with E-state index in [0.29, 0.717) is 30.1 Å². The first-order valence-electron chi connectivity index (χ1n) is 12.1. The minimum absolute atomic E-state index is 0.0586. The summed E-state index contributed by atoms with van der Waals surface area (Å²) in [4.78, 5) is 25.1. The summed E-state index contributed by atoms with van der Waals surface area (Å²) in [5.74, 6) is 0.540. The number of carbonyl (C=O) groups excluding carboxylic acids is 2. The quantitative estimate of drug-likeness (QED) is 0.402. The van der Waals surface area contributed by atoms with E-state index < -0.39 is 6.10 Å². The van der Waals surface area contributed by atoms with Crippen LogP contribution in [0.4, 0.5) is 16.2 Å². The second-order valence-electron chi connectivity index (χ2n) is 9.07. The summed E-state index contributed by atoms with van der Waals surface area (Å²) in [5.41, 5.74) is 3.30. The van der Waals surface area contributed by atoms with Crippen LogP contribution in [-0.2, 0) is 16.1 Å². The van der Waals surface area contributed by atoms with E-state index in [0.717, 1.165) is 11.1 Å². The zero-order valence-corrected chi connectivity index (χ0v) is 19.7. The maximum absolute atomic E-state index is 12.6. The molecule has 3 aromatic rings. The van der Waals surface area contributed by atoms with Crippen LogP contribution in [0.3, 0.4) is 0 Å². The molecule has 0 aliphatic carbocycles. The van der Waals surface area contributed by atoms with Crippen LogP contribution < -0.4 is 20.7 Å². The van der Waals surface area contributed by atoms with Crippen molar-refractivity contribution in [3.63, 3.8) is 0 Å². The number of ether oxygens (including phenoxy) is 2. The third-order valence-electron chi connectivity index (χ3n) is 6.53. The highest BCUT2D eigenvalue weighted by Crippen LogP contribution is 2.47. The number of aliphatic hydroxyl groups excluding tert-OH is 1. The van der Waals surface area contributed by atoms with E-state index >= 15 is 0 Å². The maximum Gasteiger partial charge on any atom is 0.323 e. The Morgan fingerprint density at radius 2 is 1.64 bits per heavy atom. The molecule has 0 spiro atoms. The lowest BCUT2D eigenvalue weighted by molar-refractivity contribution is -0.142. The molecule has 0 radical (unpaired) electrons. The highest BCUT2D eigenvalue weighted by molar-refractivity contribution is 5.99. The van der Waals surface area contributed by atoms with Gasteiger partial charge in [-0.1, -0.05) is 48.5 Å². The number of urea groups is 1. The topological polar surface area (TPSA) is 109 Å². The lowest BCUT2D eigenvalue weighted by atomic mass is 9.84. The van der Waals surface area contributed by atoms with Crippen molar-refractivity contribution in [2.24, 2.45) is 0 Å². The van der Waals surface area contributed by atoms with Gasteiger partial charge >= 0.3 is 6.03 Å². The third-order valence-corrected chi connectivity index (χ3v) is 6.53. The molecular weight excluding hydrogens is 458 g/mol. The summed E-state index contributed by atoms with van der Waals surface area (Å²) in [6, 6.07) is 24.1. The molecule has 0 saturated carbocycles. The van der Waals surface area contributed by atoms with Gasteiger partial charge in [0.05, 0.1) is 19.1 Å². The number of hydrogen-bond donors (Lipinski definition) is 4. The number of aliphatic hydroxyl groups is 1. The number of amides is 3.